The van der Waals surface area contributed by atoms with E-state index in [0.29, 0.717) is 11.5 Å². The molecule has 0 saturated carbocycles. The first-order valence-corrected chi connectivity index (χ1v) is 5.07. The van der Waals surface area contributed by atoms with Crippen LogP contribution in [0, 0.1) is 18.3 Å². The first kappa shape index (κ1) is 9.55. The lowest BCUT2D eigenvalue weighted by atomic mass is 10.5. The van der Waals surface area contributed by atoms with Crippen molar-refractivity contribution in [3.8, 4) is 6.07 Å². The topological polar surface area (TPSA) is 74.5 Å². The lowest BCUT2D eigenvalue weighted by Crippen LogP contribution is -1.95. The van der Waals surface area contributed by atoms with Gasteiger partial charge in [0.25, 0.3) is 0 Å². The summed E-state index contributed by atoms with van der Waals surface area (Å²) in [7, 11) is 0. The number of nitrogens with zero attached hydrogens (tertiary/aromatic N) is 4. The first-order chi connectivity index (χ1) is 7.28. The van der Waals surface area contributed by atoms with Crippen LogP contribution in [0.4, 0.5) is 10.9 Å². The van der Waals surface area contributed by atoms with E-state index in [-0.39, 0.29) is 0 Å². The Kier molecular flexibility index (Phi) is 2.56. The standard InChI is InChI=1S/C9H7N5S/c1-6-5-15-9(13-6)14-8-4-11-7(2-10)3-12-8/h3-5H,1H3,(H,12,13,14). The zero-order chi connectivity index (χ0) is 10.7. The molecule has 2 aromatic rings. The van der Waals surface area contributed by atoms with Gasteiger partial charge >= 0.3 is 0 Å². The van der Waals surface area contributed by atoms with E-state index in [4.69, 9.17) is 5.26 Å². The fraction of sp³-hybridized carbons (Fsp3) is 0.111. The number of hydrogen-bond acceptors (Lipinski definition) is 6. The molecule has 0 unspecified atom stereocenters. The summed E-state index contributed by atoms with van der Waals surface area (Å²) in [6.07, 6.45) is 2.93. The Morgan fingerprint density at radius 1 is 1.40 bits per heavy atom. The van der Waals surface area contributed by atoms with Gasteiger partial charge in [0, 0.05) is 5.38 Å². The molecular weight excluding hydrogens is 210 g/mol. The summed E-state index contributed by atoms with van der Waals surface area (Å²) in [6, 6.07) is 1.91. The van der Waals surface area contributed by atoms with Crippen molar-refractivity contribution in [3.05, 3.63) is 29.2 Å². The predicted octanol–water partition coefficient (Wildman–Crippen LogP) is 1.86. The molecule has 15 heavy (non-hydrogen) atoms. The van der Waals surface area contributed by atoms with Gasteiger partial charge in [-0.3, -0.25) is 0 Å². The van der Waals surface area contributed by atoms with Gasteiger partial charge in [0.1, 0.15) is 6.07 Å². The summed E-state index contributed by atoms with van der Waals surface area (Å²) < 4.78 is 0. The molecule has 74 valence electrons. The maximum absolute atomic E-state index is 8.54. The molecule has 1 N–H and O–H groups in total. The lowest BCUT2D eigenvalue weighted by molar-refractivity contribution is 1.15. The van der Waals surface area contributed by atoms with E-state index < -0.39 is 0 Å². The molecule has 0 amide bonds. The van der Waals surface area contributed by atoms with E-state index in [1.54, 1.807) is 0 Å². The normalized spacial score (nSPS) is 9.60. The van der Waals surface area contributed by atoms with Crippen molar-refractivity contribution in [3.63, 3.8) is 0 Å². The highest BCUT2D eigenvalue weighted by atomic mass is 32.1. The van der Waals surface area contributed by atoms with Crippen LogP contribution < -0.4 is 5.32 Å². The van der Waals surface area contributed by atoms with Crippen molar-refractivity contribution in [2.24, 2.45) is 0 Å². The van der Waals surface area contributed by atoms with Crippen LogP contribution in [-0.2, 0) is 0 Å². The number of aryl methyl sites for hydroxylation is 1. The summed E-state index contributed by atoms with van der Waals surface area (Å²) >= 11 is 1.50. The number of aromatic nitrogens is 3. The predicted molar refractivity (Wildman–Crippen MR) is 56.9 cm³/mol. The fourth-order valence-electron chi connectivity index (χ4n) is 0.971. The van der Waals surface area contributed by atoms with Gasteiger partial charge in [0.2, 0.25) is 0 Å². The van der Waals surface area contributed by atoms with E-state index in [1.165, 1.54) is 23.7 Å². The molecule has 0 bridgehead atoms. The highest BCUT2D eigenvalue weighted by molar-refractivity contribution is 7.13. The second-order valence-electron chi connectivity index (χ2n) is 2.82. The van der Waals surface area contributed by atoms with Crippen LogP contribution in [-0.4, -0.2) is 15.0 Å². The molecule has 6 heteroatoms. The third kappa shape index (κ3) is 2.27. The molecule has 0 aromatic carbocycles. The molecule has 5 nitrogen and oxygen atoms in total. The van der Waals surface area contributed by atoms with Crippen LogP contribution >= 0.6 is 11.3 Å². The van der Waals surface area contributed by atoms with Crippen LogP contribution in [0.3, 0.4) is 0 Å². The summed E-state index contributed by atoms with van der Waals surface area (Å²) in [5, 5.41) is 14.3. The van der Waals surface area contributed by atoms with Gasteiger partial charge < -0.3 is 5.32 Å². The SMILES string of the molecule is Cc1csc(Nc2cnc(C#N)cn2)n1. The minimum Gasteiger partial charge on any atom is -0.315 e. The van der Waals surface area contributed by atoms with E-state index in [9.17, 15) is 0 Å². The molecule has 0 aliphatic rings. The average Bonchev–Trinajstić information content (AvgIpc) is 2.65. The van der Waals surface area contributed by atoms with Crippen LogP contribution in [0.1, 0.15) is 11.4 Å². The summed E-state index contributed by atoms with van der Waals surface area (Å²) in [6.45, 7) is 1.92. The number of thiazole rings is 1. The zero-order valence-electron chi connectivity index (χ0n) is 7.93. The van der Waals surface area contributed by atoms with Gasteiger partial charge in [-0.25, -0.2) is 15.0 Å². The van der Waals surface area contributed by atoms with E-state index >= 15 is 0 Å². The van der Waals surface area contributed by atoms with Crippen LogP contribution in [0.25, 0.3) is 0 Å². The molecule has 0 fully saturated rings. The molecule has 0 atom stereocenters. The van der Waals surface area contributed by atoms with Gasteiger partial charge in [-0.2, -0.15) is 5.26 Å². The summed E-state index contributed by atoms with van der Waals surface area (Å²) in [5.74, 6) is 0.586. The first-order valence-electron chi connectivity index (χ1n) is 4.19. The van der Waals surface area contributed by atoms with E-state index in [0.717, 1.165) is 10.8 Å². The minimum atomic E-state index is 0.302. The summed E-state index contributed by atoms with van der Waals surface area (Å²) in [4.78, 5) is 12.1. The second kappa shape index (κ2) is 4.02. The van der Waals surface area contributed by atoms with Crippen molar-refractivity contribution in [1.82, 2.24) is 15.0 Å². The second-order valence-corrected chi connectivity index (χ2v) is 3.68. The number of anilines is 2. The highest BCUT2D eigenvalue weighted by Gasteiger charge is 2.00. The zero-order valence-corrected chi connectivity index (χ0v) is 8.75. The van der Waals surface area contributed by atoms with E-state index in [2.05, 4.69) is 20.3 Å². The Morgan fingerprint density at radius 2 is 2.27 bits per heavy atom. The van der Waals surface area contributed by atoms with Crippen molar-refractivity contribution >= 4 is 22.3 Å². The smallest absolute Gasteiger partial charge is 0.188 e. The van der Waals surface area contributed by atoms with Crippen LogP contribution in [0.15, 0.2) is 17.8 Å². The lowest BCUT2D eigenvalue weighted by Gasteiger charge is -1.99. The Labute approximate surface area is 90.5 Å². The Balaban J connectivity index is 2.15. The number of nitriles is 1. The molecule has 0 aliphatic carbocycles. The molecule has 0 radical (unpaired) electrons. The highest BCUT2D eigenvalue weighted by Crippen LogP contribution is 2.18. The van der Waals surface area contributed by atoms with Gasteiger partial charge in [0.15, 0.2) is 16.6 Å². The molecule has 2 aromatic heterocycles. The van der Waals surface area contributed by atoms with Gasteiger partial charge in [-0.05, 0) is 6.92 Å². The molecule has 0 aliphatic heterocycles. The maximum atomic E-state index is 8.54. The third-order valence-electron chi connectivity index (χ3n) is 1.62. The van der Waals surface area contributed by atoms with Crippen molar-refractivity contribution in [1.29, 1.82) is 5.26 Å². The van der Waals surface area contributed by atoms with Crippen molar-refractivity contribution in [2.75, 3.05) is 5.32 Å². The Morgan fingerprint density at radius 3 is 2.80 bits per heavy atom. The molecule has 0 spiro atoms. The summed E-state index contributed by atoms with van der Waals surface area (Å²) in [5.41, 5.74) is 1.26. The molecule has 0 saturated heterocycles. The average molecular weight is 217 g/mol. The minimum absolute atomic E-state index is 0.302. The monoisotopic (exact) mass is 217 g/mol. The van der Waals surface area contributed by atoms with Crippen LogP contribution in [0.5, 0.6) is 0 Å². The number of rotatable bonds is 2. The van der Waals surface area contributed by atoms with Gasteiger partial charge in [-0.1, -0.05) is 0 Å². The fourth-order valence-corrected chi connectivity index (χ4v) is 1.67. The quantitative estimate of drug-likeness (QED) is 0.831. The number of hydrogen-bond donors (Lipinski definition) is 1. The van der Waals surface area contributed by atoms with Gasteiger partial charge in [-0.15, -0.1) is 11.3 Å². The Hall–Kier alpha value is -2.00. The Bertz CT molecular complexity index is 496. The molecular formula is C9H7N5S. The van der Waals surface area contributed by atoms with Gasteiger partial charge in [0.05, 0.1) is 18.1 Å². The van der Waals surface area contributed by atoms with Crippen molar-refractivity contribution < 1.29 is 0 Å². The third-order valence-corrected chi connectivity index (χ3v) is 2.50. The maximum Gasteiger partial charge on any atom is 0.188 e. The molecule has 2 rings (SSSR count). The molecule has 2 heterocycles. The van der Waals surface area contributed by atoms with E-state index in [1.807, 2.05) is 18.4 Å². The van der Waals surface area contributed by atoms with Crippen LogP contribution in [0.2, 0.25) is 0 Å². The number of nitrogens with one attached hydrogen (secondary N) is 1. The van der Waals surface area contributed by atoms with Crippen molar-refractivity contribution in [2.45, 2.75) is 6.92 Å². The largest absolute Gasteiger partial charge is 0.315 e.